The van der Waals surface area contributed by atoms with Gasteiger partial charge in [0.15, 0.2) is 11.5 Å². The van der Waals surface area contributed by atoms with E-state index in [1.165, 1.54) is 0 Å². The highest BCUT2D eigenvalue weighted by molar-refractivity contribution is 9.10. The first-order valence-electron chi connectivity index (χ1n) is 5.52. The average molecular weight is 303 g/mol. The molecule has 0 atom stereocenters. The van der Waals surface area contributed by atoms with Crippen LogP contribution in [0.3, 0.4) is 0 Å². The predicted molar refractivity (Wildman–Crippen MR) is 71.7 cm³/mol. The zero-order valence-corrected chi connectivity index (χ0v) is 12.5. The minimum absolute atomic E-state index is 0.0730. The monoisotopic (exact) mass is 302 g/mol. The van der Waals surface area contributed by atoms with Crippen molar-refractivity contribution in [2.75, 3.05) is 7.11 Å². The van der Waals surface area contributed by atoms with E-state index < -0.39 is 5.60 Å². The topological polar surface area (TPSA) is 38.7 Å². The Morgan fingerprint density at radius 1 is 1.24 bits per heavy atom. The molecule has 0 saturated carbocycles. The molecule has 1 N–H and O–H groups in total. The van der Waals surface area contributed by atoms with Crippen molar-refractivity contribution in [1.82, 2.24) is 0 Å². The van der Waals surface area contributed by atoms with E-state index in [1.807, 2.05) is 19.9 Å². The Labute approximate surface area is 111 Å². The SMILES string of the molecule is COc1cc(C(C)(C)O)c(Br)cc1OC(C)C. The molecule has 0 bridgehead atoms. The standard InChI is InChI=1S/C13H19BrO3/c1-8(2)17-12-7-10(14)9(13(3,4)15)6-11(12)16-5/h6-8,15H,1-5H3. The molecule has 1 aromatic rings. The molecule has 1 rings (SSSR count). The number of methoxy groups -OCH3 is 1. The third-order valence-electron chi connectivity index (χ3n) is 2.28. The van der Waals surface area contributed by atoms with E-state index in [0.717, 1.165) is 10.0 Å². The molecule has 1 aromatic carbocycles. The number of rotatable bonds is 4. The number of hydrogen-bond acceptors (Lipinski definition) is 3. The molecule has 0 aliphatic carbocycles. The first-order chi connectivity index (χ1) is 7.75. The van der Waals surface area contributed by atoms with E-state index in [1.54, 1.807) is 27.0 Å². The quantitative estimate of drug-likeness (QED) is 0.925. The van der Waals surface area contributed by atoms with Gasteiger partial charge in [-0.2, -0.15) is 0 Å². The second kappa shape index (κ2) is 5.27. The van der Waals surface area contributed by atoms with Crippen LogP contribution in [-0.4, -0.2) is 18.3 Å². The van der Waals surface area contributed by atoms with Gasteiger partial charge in [0.2, 0.25) is 0 Å². The molecule has 0 fully saturated rings. The van der Waals surface area contributed by atoms with Crippen molar-refractivity contribution in [3.8, 4) is 11.5 Å². The lowest BCUT2D eigenvalue weighted by atomic mass is 9.98. The van der Waals surface area contributed by atoms with Crippen LogP contribution in [0.4, 0.5) is 0 Å². The van der Waals surface area contributed by atoms with Gasteiger partial charge in [0.25, 0.3) is 0 Å². The van der Waals surface area contributed by atoms with Crippen LogP contribution >= 0.6 is 15.9 Å². The van der Waals surface area contributed by atoms with Gasteiger partial charge >= 0.3 is 0 Å². The number of benzene rings is 1. The van der Waals surface area contributed by atoms with E-state index >= 15 is 0 Å². The first kappa shape index (κ1) is 14.3. The van der Waals surface area contributed by atoms with Crippen LogP contribution in [0.2, 0.25) is 0 Å². The van der Waals surface area contributed by atoms with Crippen molar-refractivity contribution < 1.29 is 14.6 Å². The van der Waals surface area contributed by atoms with E-state index in [2.05, 4.69) is 15.9 Å². The molecule has 96 valence electrons. The Bertz CT molecular complexity index is 394. The van der Waals surface area contributed by atoms with Crippen molar-refractivity contribution in [2.24, 2.45) is 0 Å². The number of hydrogen-bond donors (Lipinski definition) is 1. The second-order valence-corrected chi connectivity index (χ2v) is 5.56. The molecule has 0 aromatic heterocycles. The minimum Gasteiger partial charge on any atom is -0.493 e. The number of aliphatic hydroxyl groups is 1. The molecule has 0 radical (unpaired) electrons. The Morgan fingerprint density at radius 3 is 2.24 bits per heavy atom. The highest BCUT2D eigenvalue weighted by atomic mass is 79.9. The normalized spacial score (nSPS) is 11.8. The second-order valence-electron chi connectivity index (χ2n) is 4.71. The molecule has 0 aliphatic heterocycles. The molecular formula is C13H19BrO3. The summed E-state index contributed by atoms with van der Waals surface area (Å²) in [6.07, 6.45) is 0.0730. The summed E-state index contributed by atoms with van der Waals surface area (Å²) in [5.41, 5.74) is -0.159. The Kier molecular flexibility index (Phi) is 4.44. The van der Waals surface area contributed by atoms with Crippen molar-refractivity contribution in [3.05, 3.63) is 22.2 Å². The van der Waals surface area contributed by atoms with Crippen LogP contribution in [0.15, 0.2) is 16.6 Å². The maximum Gasteiger partial charge on any atom is 0.162 e. The molecule has 0 spiro atoms. The fraction of sp³-hybridized carbons (Fsp3) is 0.538. The third-order valence-corrected chi connectivity index (χ3v) is 2.93. The highest BCUT2D eigenvalue weighted by Crippen LogP contribution is 2.38. The summed E-state index contributed by atoms with van der Waals surface area (Å²) >= 11 is 3.44. The molecule has 0 amide bonds. The molecule has 17 heavy (non-hydrogen) atoms. The van der Waals surface area contributed by atoms with Crippen LogP contribution < -0.4 is 9.47 Å². The van der Waals surface area contributed by atoms with Gasteiger partial charge in [0, 0.05) is 10.0 Å². The summed E-state index contributed by atoms with van der Waals surface area (Å²) in [7, 11) is 1.59. The van der Waals surface area contributed by atoms with Crippen molar-refractivity contribution in [2.45, 2.75) is 39.4 Å². The van der Waals surface area contributed by atoms with E-state index in [0.29, 0.717) is 11.5 Å². The molecule has 4 heteroatoms. The van der Waals surface area contributed by atoms with Gasteiger partial charge in [0.1, 0.15) is 0 Å². The van der Waals surface area contributed by atoms with Crippen LogP contribution in [0.25, 0.3) is 0 Å². The molecule has 0 aliphatic rings. The summed E-state index contributed by atoms with van der Waals surface area (Å²) in [5, 5.41) is 10.0. The van der Waals surface area contributed by atoms with E-state index in [-0.39, 0.29) is 6.10 Å². The van der Waals surface area contributed by atoms with Crippen molar-refractivity contribution >= 4 is 15.9 Å². The minimum atomic E-state index is -0.928. The van der Waals surface area contributed by atoms with Gasteiger partial charge in [-0.3, -0.25) is 0 Å². The van der Waals surface area contributed by atoms with Gasteiger partial charge in [-0.15, -0.1) is 0 Å². The van der Waals surface area contributed by atoms with Gasteiger partial charge in [-0.05, 0) is 39.8 Å². The Morgan fingerprint density at radius 2 is 1.82 bits per heavy atom. The Hall–Kier alpha value is -0.740. The van der Waals surface area contributed by atoms with Crippen LogP contribution in [-0.2, 0) is 5.60 Å². The smallest absolute Gasteiger partial charge is 0.162 e. The first-order valence-corrected chi connectivity index (χ1v) is 6.32. The molecule has 0 heterocycles. The number of halogens is 1. The third kappa shape index (κ3) is 3.61. The molecule has 0 saturated heterocycles. The number of ether oxygens (including phenoxy) is 2. The zero-order chi connectivity index (χ0) is 13.2. The summed E-state index contributed by atoms with van der Waals surface area (Å²) < 4.78 is 11.7. The maximum absolute atomic E-state index is 10.0. The highest BCUT2D eigenvalue weighted by Gasteiger charge is 2.22. The lowest BCUT2D eigenvalue weighted by molar-refractivity contribution is 0.0774. The van der Waals surface area contributed by atoms with Crippen molar-refractivity contribution in [1.29, 1.82) is 0 Å². The fourth-order valence-electron chi connectivity index (χ4n) is 1.51. The predicted octanol–water partition coefficient (Wildman–Crippen LogP) is 3.47. The Balaban J connectivity index is 3.25. The average Bonchev–Trinajstić information content (AvgIpc) is 2.14. The fourth-order valence-corrected chi connectivity index (χ4v) is 2.32. The molecule has 3 nitrogen and oxygen atoms in total. The molecule has 0 unspecified atom stereocenters. The summed E-state index contributed by atoms with van der Waals surface area (Å²) in [6, 6.07) is 3.62. The maximum atomic E-state index is 10.0. The summed E-state index contributed by atoms with van der Waals surface area (Å²) in [6.45, 7) is 7.37. The van der Waals surface area contributed by atoms with Gasteiger partial charge in [0.05, 0.1) is 18.8 Å². The van der Waals surface area contributed by atoms with Crippen LogP contribution in [0, 0.1) is 0 Å². The van der Waals surface area contributed by atoms with E-state index in [4.69, 9.17) is 9.47 Å². The van der Waals surface area contributed by atoms with Gasteiger partial charge in [-0.25, -0.2) is 0 Å². The van der Waals surface area contributed by atoms with Gasteiger partial charge < -0.3 is 14.6 Å². The van der Waals surface area contributed by atoms with Crippen LogP contribution in [0.1, 0.15) is 33.3 Å². The summed E-state index contributed by atoms with van der Waals surface area (Å²) in [5.74, 6) is 1.29. The largest absolute Gasteiger partial charge is 0.493 e. The van der Waals surface area contributed by atoms with E-state index in [9.17, 15) is 5.11 Å². The zero-order valence-electron chi connectivity index (χ0n) is 10.9. The summed E-state index contributed by atoms with van der Waals surface area (Å²) in [4.78, 5) is 0. The lowest BCUT2D eigenvalue weighted by Crippen LogP contribution is -2.17. The molecular weight excluding hydrogens is 284 g/mol. The van der Waals surface area contributed by atoms with Crippen molar-refractivity contribution in [3.63, 3.8) is 0 Å². The van der Waals surface area contributed by atoms with Gasteiger partial charge in [-0.1, -0.05) is 15.9 Å². The van der Waals surface area contributed by atoms with Crippen LogP contribution in [0.5, 0.6) is 11.5 Å². The lowest BCUT2D eigenvalue weighted by Gasteiger charge is -2.22.